The summed E-state index contributed by atoms with van der Waals surface area (Å²) >= 11 is 5.98. The van der Waals surface area contributed by atoms with Crippen molar-refractivity contribution in [1.29, 1.82) is 0 Å². The molecule has 2 aromatic rings. The van der Waals surface area contributed by atoms with Crippen LogP contribution in [0.3, 0.4) is 0 Å². The molecule has 1 heterocycles. The monoisotopic (exact) mass is 333 g/mol. The van der Waals surface area contributed by atoms with E-state index in [4.69, 9.17) is 25.8 Å². The van der Waals surface area contributed by atoms with E-state index in [1.165, 1.54) is 0 Å². The van der Waals surface area contributed by atoms with Gasteiger partial charge in [-0.1, -0.05) is 29.8 Å². The van der Waals surface area contributed by atoms with E-state index in [-0.39, 0.29) is 25.7 Å². The van der Waals surface area contributed by atoms with Gasteiger partial charge in [0.15, 0.2) is 11.5 Å². The van der Waals surface area contributed by atoms with Gasteiger partial charge in [0.2, 0.25) is 12.7 Å². The lowest BCUT2D eigenvalue weighted by Gasteiger charge is -2.09. The van der Waals surface area contributed by atoms with Crippen LogP contribution in [0.4, 0.5) is 0 Å². The standard InChI is InChI=1S/C17H16ClNO4/c18-13-3-1-2-4-14(13)21-8-7-17(20)19-10-12-5-6-15-16(9-12)23-11-22-15/h1-6,9H,7-8,10-11H2,(H,19,20). The summed E-state index contributed by atoms with van der Waals surface area (Å²) in [5.41, 5.74) is 0.953. The minimum absolute atomic E-state index is 0.0882. The first-order valence-electron chi connectivity index (χ1n) is 7.25. The molecule has 1 N–H and O–H groups in total. The van der Waals surface area contributed by atoms with Gasteiger partial charge in [0.25, 0.3) is 0 Å². The third kappa shape index (κ3) is 4.07. The lowest BCUT2D eigenvalue weighted by molar-refractivity contribution is -0.121. The summed E-state index contributed by atoms with van der Waals surface area (Å²) in [6.45, 7) is 0.947. The summed E-state index contributed by atoms with van der Waals surface area (Å²) in [7, 11) is 0. The fraction of sp³-hybridized carbons (Fsp3) is 0.235. The van der Waals surface area contributed by atoms with Crippen molar-refractivity contribution in [3.05, 3.63) is 53.1 Å². The summed E-state index contributed by atoms with van der Waals surface area (Å²) in [6.07, 6.45) is 0.260. The van der Waals surface area contributed by atoms with E-state index in [1.54, 1.807) is 12.1 Å². The van der Waals surface area contributed by atoms with Crippen LogP contribution >= 0.6 is 11.6 Å². The number of hydrogen-bond donors (Lipinski definition) is 1. The van der Waals surface area contributed by atoms with Crippen LogP contribution in [0, 0.1) is 0 Å². The van der Waals surface area contributed by atoms with Crippen molar-refractivity contribution in [3.63, 3.8) is 0 Å². The maximum atomic E-state index is 11.8. The predicted octanol–water partition coefficient (Wildman–Crippen LogP) is 3.15. The largest absolute Gasteiger partial charge is 0.491 e. The quantitative estimate of drug-likeness (QED) is 0.882. The Morgan fingerprint density at radius 1 is 1.17 bits per heavy atom. The van der Waals surface area contributed by atoms with Crippen LogP contribution in [-0.2, 0) is 11.3 Å². The molecule has 1 aliphatic heterocycles. The number of carbonyl (C=O) groups is 1. The third-order valence-electron chi connectivity index (χ3n) is 3.35. The molecule has 0 bridgehead atoms. The zero-order chi connectivity index (χ0) is 16.1. The lowest BCUT2D eigenvalue weighted by atomic mass is 10.2. The van der Waals surface area contributed by atoms with Gasteiger partial charge in [-0.3, -0.25) is 4.79 Å². The number of amides is 1. The molecule has 0 aromatic heterocycles. The maximum absolute atomic E-state index is 11.8. The summed E-state index contributed by atoms with van der Waals surface area (Å²) in [4.78, 5) is 11.8. The molecule has 120 valence electrons. The Labute approximate surface area is 139 Å². The molecule has 23 heavy (non-hydrogen) atoms. The second-order valence-corrected chi connectivity index (χ2v) is 5.40. The van der Waals surface area contributed by atoms with Crippen molar-refractivity contribution >= 4 is 17.5 Å². The number of rotatable bonds is 6. The van der Waals surface area contributed by atoms with Crippen molar-refractivity contribution in [2.45, 2.75) is 13.0 Å². The molecule has 0 spiro atoms. The van der Waals surface area contributed by atoms with Crippen molar-refractivity contribution in [1.82, 2.24) is 5.32 Å². The molecule has 0 saturated heterocycles. The van der Waals surface area contributed by atoms with Crippen molar-refractivity contribution in [2.24, 2.45) is 0 Å². The first-order chi connectivity index (χ1) is 11.2. The first kappa shape index (κ1) is 15.5. The number of carbonyl (C=O) groups excluding carboxylic acids is 1. The smallest absolute Gasteiger partial charge is 0.231 e. The van der Waals surface area contributed by atoms with E-state index >= 15 is 0 Å². The molecule has 5 nitrogen and oxygen atoms in total. The van der Waals surface area contributed by atoms with Crippen LogP contribution in [0.25, 0.3) is 0 Å². The molecular weight excluding hydrogens is 318 g/mol. The summed E-state index contributed by atoms with van der Waals surface area (Å²) in [6, 6.07) is 12.8. The summed E-state index contributed by atoms with van der Waals surface area (Å²) in [5.74, 6) is 1.93. The van der Waals surface area contributed by atoms with E-state index < -0.39 is 0 Å². The average Bonchev–Trinajstić information content (AvgIpc) is 3.02. The third-order valence-corrected chi connectivity index (χ3v) is 3.66. The molecule has 0 fully saturated rings. The number of ether oxygens (including phenoxy) is 3. The Morgan fingerprint density at radius 3 is 2.87 bits per heavy atom. The van der Waals surface area contributed by atoms with Crippen LogP contribution in [-0.4, -0.2) is 19.3 Å². The Bertz CT molecular complexity index is 705. The van der Waals surface area contributed by atoms with Gasteiger partial charge < -0.3 is 19.5 Å². The van der Waals surface area contributed by atoms with Gasteiger partial charge in [-0.05, 0) is 29.8 Å². The van der Waals surface area contributed by atoms with Gasteiger partial charge >= 0.3 is 0 Å². The van der Waals surface area contributed by atoms with Gasteiger partial charge in [0, 0.05) is 6.54 Å². The second-order valence-electron chi connectivity index (χ2n) is 4.99. The van der Waals surface area contributed by atoms with Crippen molar-refractivity contribution < 1.29 is 19.0 Å². The number of para-hydroxylation sites is 1. The molecule has 0 radical (unpaired) electrons. The molecule has 3 rings (SSSR count). The molecule has 0 saturated carbocycles. The number of hydrogen-bond acceptors (Lipinski definition) is 4. The van der Waals surface area contributed by atoms with E-state index in [0.717, 1.165) is 11.3 Å². The minimum Gasteiger partial charge on any atom is -0.491 e. The van der Waals surface area contributed by atoms with E-state index in [2.05, 4.69) is 5.32 Å². The highest BCUT2D eigenvalue weighted by Gasteiger charge is 2.13. The Hall–Kier alpha value is -2.40. The van der Waals surface area contributed by atoms with E-state index in [1.807, 2.05) is 30.3 Å². The molecule has 2 aromatic carbocycles. The van der Waals surface area contributed by atoms with Crippen LogP contribution in [0.2, 0.25) is 5.02 Å². The maximum Gasteiger partial charge on any atom is 0.231 e. The van der Waals surface area contributed by atoms with Crippen LogP contribution in [0.5, 0.6) is 17.2 Å². The molecule has 1 aliphatic rings. The van der Waals surface area contributed by atoms with Gasteiger partial charge in [0.1, 0.15) is 5.75 Å². The number of fused-ring (bicyclic) bond motifs is 1. The molecule has 1 amide bonds. The molecule has 6 heteroatoms. The second kappa shape index (κ2) is 7.24. The molecular formula is C17H16ClNO4. The number of halogens is 1. The fourth-order valence-corrected chi connectivity index (χ4v) is 2.35. The van der Waals surface area contributed by atoms with Crippen LogP contribution < -0.4 is 19.5 Å². The minimum atomic E-state index is -0.0882. The van der Waals surface area contributed by atoms with E-state index in [9.17, 15) is 4.79 Å². The molecule has 0 unspecified atom stereocenters. The van der Waals surface area contributed by atoms with Crippen molar-refractivity contribution in [3.8, 4) is 17.2 Å². The molecule has 0 aliphatic carbocycles. The normalized spacial score (nSPS) is 12.0. The van der Waals surface area contributed by atoms with Crippen LogP contribution in [0.1, 0.15) is 12.0 Å². The lowest BCUT2D eigenvalue weighted by Crippen LogP contribution is -2.24. The van der Waals surface area contributed by atoms with Gasteiger partial charge in [-0.15, -0.1) is 0 Å². The fourth-order valence-electron chi connectivity index (χ4n) is 2.16. The summed E-state index contributed by atoms with van der Waals surface area (Å²) < 4.78 is 16.0. The predicted molar refractivity (Wildman–Crippen MR) is 86.0 cm³/mol. The average molecular weight is 334 g/mol. The highest BCUT2D eigenvalue weighted by Crippen LogP contribution is 2.32. The van der Waals surface area contributed by atoms with Gasteiger partial charge in [-0.2, -0.15) is 0 Å². The van der Waals surface area contributed by atoms with Crippen LogP contribution in [0.15, 0.2) is 42.5 Å². The highest BCUT2D eigenvalue weighted by atomic mass is 35.5. The van der Waals surface area contributed by atoms with Gasteiger partial charge in [0.05, 0.1) is 18.1 Å². The Balaban J connectivity index is 1.42. The molecule has 0 atom stereocenters. The zero-order valence-corrected chi connectivity index (χ0v) is 13.1. The Morgan fingerprint density at radius 2 is 2.00 bits per heavy atom. The van der Waals surface area contributed by atoms with E-state index in [0.29, 0.717) is 23.1 Å². The zero-order valence-electron chi connectivity index (χ0n) is 12.4. The topological polar surface area (TPSA) is 56.8 Å². The Kier molecular flexibility index (Phi) is 4.88. The SMILES string of the molecule is O=C(CCOc1ccccc1Cl)NCc1ccc2c(c1)OCO2. The summed E-state index contributed by atoms with van der Waals surface area (Å²) in [5, 5.41) is 3.38. The first-order valence-corrected chi connectivity index (χ1v) is 7.63. The highest BCUT2D eigenvalue weighted by molar-refractivity contribution is 6.32. The van der Waals surface area contributed by atoms with Gasteiger partial charge in [-0.25, -0.2) is 0 Å². The number of benzene rings is 2. The van der Waals surface area contributed by atoms with Crippen molar-refractivity contribution in [2.75, 3.05) is 13.4 Å². The number of nitrogens with one attached hydrogen (secondary N) is 1.